The summed E-state index contributed by atoms with van der Waals surface area (Å²) in [5.74, 6) is 1.77. The molecule has 26 heavy (non-hydrogen) atoms. The smallest absolute Gasteiger partial charge is 0.244 e. The van der Waals surface area contributed by atoms with E-state index in [0.717, 1.165) is 0 Å². The molecule has 1 atom stereocenters. The van der Waals surface area contributed by atoms with Gasteiger partial charge in [0.05, 0.1) is 17.4 Å². The topological polar surface area (TPSA) is 105 Å². The first-order valence-electron chi connectivity index (χ1n) is 8.16. The van der Waals surface area contributed by atoms with E-state index in [-0.39, 0.29) is 34.8 Å². The summed E-state index contributed by atoms with van der Waals surface area (Å²) in [6.45, 7) is 7.45. The normalized spacial score (nSPS) is 17.2. The van der Waals surface area contributed by atoms with Crippen molar-refractivity contribution in [2.75, 3.05) is 28.5 Å². The fourth-order valence-corrected chi connectivity index (χ4v) is 4.16. The summed E-state index contributed by atoms with van der Waals surface area (Å²) in [6.07, 6.45) is 0. The Morgan fingerprint density at radius 3 is 2.73 bits per heavy atom. The first-order valence-corrected chi connectivity index (χ1v) is 10.5. The van der Waals surface area contributed by atoms with Gasteiger partial charge in [-0.05, 0) is 27.7 Å². The third-order valence-electron chi connectivity index (χ3n) is 3.36. The quantitative estimate of drug-likeness (QED) is 0.745. The number of carbonyl (C=O) groups excluding carboxylic acids is 3. The first-order chi connectivity index (χ1) is 12.2. The molecule has 1 fully saturated rings. The Hall–Kier alpha value is -1.68. The van der Waals surface area contributed by atoms with Crippen molar-refractivity contribution in [1.82, 2.24) is 15.4 Å². The van der Waals surface area contributed by atoms with Crippen LogP contribution in [0.1, 0.15) is 26.5 Å². The van der Waals surface area contributed by atoms with Crippen molar-refractivity contribution in [1.29, 1.82) is 0 Å². The molecule has 0 radical (unpaired) electrons. The van der Waals surface area contributed by atoms with Crippen LogP contribution < -0.4 is 10.6 Å². The summed E-state index contributed by atoms with van der Waals surface area (Å²) >= 11 is 2.76. The van der Waals surface area contributed by atoms with E-state index in [1.807, 2.05) is 20.8 Å². The molecule has 144 valence electrons. The number of amides is 3. The average molecular weight is 401 g/mol. The second-order valence-corrected chi connectivity index (χ2v) is 8.97. The largest absolute Gasteiger partial charge is 0.360 e. The van der Waals surface area contributed by atoms with Crippen LogP contribution in [-0.4, -0.2) is 62.5 Å². The highest BCUT2D eigenvalue weighted by Gasteiger charge is 2.35. The number of anilines is 1. The SMILES string of the molecule is Cc1cc(NC(=O)CSCC(=O)N2CSCC2C(=O)NC(C)(C)C)no1. The molecule has 0 aliphatic carbocycles. The van der Waals surface area contributed by atoms with Crippen LogP contribution in [0.3, 0.4) is 0 Å². The molecule has 2 N–H and O–H groups in total. The van der Waals surface area contributed by atoms with Crippen LogP contribution in [0.4, 0.5) is 5.82 Å². The Kier molecular flexibility index (Phi) is 6.99. The average Bonchev–Trinajstić information content (AvgIpc) is 3.14. The van der Waals surface area contributed by atoms with Gasteiger partial charge in [-0.1, -0.05) is 5.16 Å². The fourth-order valence-electron chi connectivity index (χ4n) is 2.28. The molecule has 1 aromatic heterocycles. The molecule has 2 rings (SSSR count). The highest BCUT2D eigenvalue weighted by molar-refractivity contribution is 8.00. The molecule has 1 aromatic rings. The van der Waals surface area contributed by atoms with E-state index in [1.165, 1.54) is 11.8 Å². The van der Waals surface area contributed by atoms with E-state index in [0.29, 0.717) is 23.2 Å². The highest BCUT2D eigenvalue weighted by Crippen LogP contribution is 2.23. The number of nitrogens with zero attached hydrogens (tertiary/aromatic N) is 2. The summed E-state index contributed by atoms with van der Waals surface area (Å²) in [7, 11) is 0. The summed E-state index contributed by atoms with van der Waals surface area (Å²) in [6, 6.07) is 1.16. The maximum atomic E-state index is 12.4. The van der Waals surface area contributed by atoms with Gasteiger partial charge in [-0.3, -0.25) is 14.4 Å². The summed E-state index contributed by atoms with van der Waals surface area (Å²) in [4.78, 5) is 38.2. The zero-order valence-corrected chi connectivity index (χ0v) is 17.0. The van der Waals surface area contributed by atoms with Gasteiger partial charge in [-0.15, -0.1) is 23.5 Å². The molecule has 1 saturated heterocycles. The Morgan fingerprint density at radius 1 is 1.38 bits per heavy atom. The van der Waals surface area contributed by atoms with Crippen molar-refractivity contribution in [2.45, 2.75) is 39.3 Å². The lowest BCUT2D eigenvalue weighted by Crippen LogP contribution is -2.52. The lowest BCUT2D eigenvalue weighted by atomic mass is 10.1. The molecule has 10 heteroatoms. The molecular formula is C16H24N4O4S2. The van der Waals surface area contributed by atoms with Crippen molar-refractivity contribution in [2.24, 2.45) is 0 Å². The minimum atomic E-state index is -0.459. The van der Waals surface area contributed by atoms with Gasteiger partial charge in [0, 0.05) is 17.4 Å². The number of carbonyl (C=O) groups is 3. The monoisotopic (exact) mass is 400 g/mol. The first kappa shape index (κ1) is 20.6. The number of thioether (sulfide) groups is 2. The van der Waals surface area contributed by atoms with Crippen LogP contribution in [0.15, 0.2) is 10.6 Å². The Labute approximate surface area is 161 Å². The highest BCUT2D eigenvalue weighted by atomic mass is 32.2. The van der Waals surface area contributed by atoms with Crippen LogP contribution in [0.2, 0.25) is 0 Å². The van der Waals surface area contributed by atoms with Gasteiger partial charge in [-0.2, -0.15) is 0 Å². The van der Waals surface area contributed by atoms with Gasteiger partial charge < -0.3 is 20.1 Å². The van der Waals surface area contributed by atoms with Crippen LogP contribution in [0.5, 0.6) is 0 Å². The van der Waals surface area contributed by atoms with Gasteiger partial charge in [-0.25, -0.2) is 0 Å². The molecule has 1 aliphatic heterocycles. The van der Waals surface area contributed by atoms with E-state index in [9.17, 15) is 14.4 Å². The van der Waals surface area contributed by atoms with Crippen LogP contribution in [-0.2, 0) is 14.4 Å². The van der Waals surface area contributed by atoms with Crippen molar-refractivity contribution in [3.63, 3.8) is 0 Å². The Balaban J connectivity index is 1.77. The minimum absolute atomic E-state index is 0.123. The summed E-state index contributed by atoms with van der Waals surface area (Å²) in [5.41, 5.74) is -0.342. The maximum absolute atomic E-state index is 12.4. The van der Waals surface area contributed by atoms with Crippen LogP contribution >= 0.6 is 23.5 Å². The predicted molar refractivity (Wildman–Crippen MR) is 103 cm³/mol. The zero-order chi connectivity index (χ0) is 19.3. The van der Waals surface area contributed by atoms with E-state index in [2.05, 4.69) is 15.8 Å². The second kappa shape index (κ2) is 8.81. The standard InChI is InChI=1S/C16H24N4O4S2/c1-10-5-12(19-24-10)17-13(21)7-25-8-14(22)20-9-26-6-11(20)15(23)18-16(2,3)4/h5,11H,6-9H2,1-4H3,(H,18,23)(H,17,19,21). The number of rotatable bonds is 6. The van der Waals surface area contributed by atoms with Gasteiger partial charge >= 0.3 is 0 Å². The molecule has 0 spiro atoms. The second-order valence-electron chi connectivity index (χ2n) is 6.98. The van der Waals surface area contributed by atoms with Crippen molar-refractivity contribution in [3.05, 3.63) is 11.8 Å². The molecule has 8 nitrogen and oxygen atoms in total. The molecule has 1 unspecified atom stereocenters. The number of nitrogens with one attached hydrogen (secondary N) is 2. The van der Waals surface area contributed by atoms with Crippen molar-refractivity contribution in [3.8, 4) is 0 Å². The molecule has 1 aliphatic rings. The summed E-state index contributed by atoms with van der Waals surface area (Å²) < 4.78 is 4.87. The van der Waals surface area contributed by atoms with Crippen molar-refractivity contribution < 1.29 is 18.9 Å². The predicted octanol–water partition coefficient (Wildman–Crippen LogP) is 1.47. The molecule has 3 amide bonds. The lowest BCUT2D eigenvalue weighted by Gasteiger charge is -2.27. The Morgan fingerprint density at radius 2 is 2.12 bits per heavy atom. The van der Waals surface area contributed by atoms with E-state index in [4.69, 9.17) is 4.52 Å². The molecule has 2 heterocycles. The third kappa shape index (κ3) is 6.24. The van der Waals surface area contributed by atoms with Gasteiger partial charge in [0.2, 0.25) is 17.7 Å². The van der Waals surface area contributed by atoms with Gasteiger partial charge in [0.1, 0.15) is 11.8 Å². The molecule has 0 aromatic carbocycles. The maximum Gasteiger partial charge on any atom is 0.244 e. The number of aromatic nitrogens is 1. The fraction of sp³-hybridized carbons (Fsp3) is 0.625. The molecule has 0 bridgehead atoms. The molecule has 0 saturated carbocycles. The van der Waals surface area contributed by atoms with Crippen molar-refractivity contribution >= 4 is 47.1 Å². The van der Waals surface area contributed by atoms with E-state index in [1.54, 1.807) is 29.7 Å². The zero-order valence-electron chi connectivity index (χ0n) is 15.3. The third-order valence-corrected chi connectivity index (χ3v) is 5.29. The Bertz CT molecular complexity index is 671. The number of hydrogen-bond donors (Lipinski definition) is 2. The van der Waals surface area contributed by atoms with Gasteiger partial charge in [0.15, 0.2) is 5.82 Å². The van der Waals surface area contributed by atoms with Gasteiger partial charge in [0.25, 0.3) is 0 Å². The van der Waals surface area contributed by atoms with E-state index >= 15 is 0 Å². The van der Waals surface area contributed by atoms with Crippen LogP contribution in [0.25, 0.3) is 0 Å². The summed E-state index contributed by atoms with van der Waals surface area (Å²) in [5, 5.41) is 9.20. The van der Waals surface area contributed by atoms with Crippen LogP contribution in [0, 0.1) is 6.92 Å². The molecular weight excluding hydrogens is 376 g/mol. The number of aryl methyl sites for hydroxylation is 1. The van der Waals surface area contributed by atoms with E-state index < -0.39 is 6.04 Å². The lowest BCUT2D eigenvalue weighted by molar-refractivity contribution is -0.136. The number of hydrogen-bond acceptors (Lipinski definition) is 7. The minimum Gasteiger partial charge on any atom is -0.360 e.